The highest BCUT2D eigenvalue weighted by Crippen LogP contribution is 2.24. The molecule has 2 saturated heterocycles. The molecule has 2 aliphatic rings. The van der Waals surface area contributed by atoms with Crippen LogP contribution in [-0.4, -0.2) is 85.0 Å². The van der Waals surface area contributed by atoms with E-state index in [1.165, 1.54) is 18.4 Å². The second-order valence-electron chi connectivity index (χ2n) is 8.29. The SMILES string of the molecule is CN(C)CCNC(=O)C1CCCN(C2CCN(Cc3ccncc3)CC2)C1. The number of hydrogen-bond acceptors (Lipinski definition) is 5. The number of pyridine rings is 1. The zero-order valence-corrected chi connectivity index (χ0v) is 16.9. The third-order valence-electron chi connectivity index (χ3n) is 5.91. The minimum Gasteiger partial charge on any atom is -0.355 e. The second kappa shape index (κ2) is 10.2. The summed E-state index contributed by atoms with van der Waals surface area (Å²) in [6.07, 6.45) is 8.34. The van der Waals surface area contributed by atoms with E-state index >= 15 is 0 Å². The summed E-state index contributed by atoms with van der Waals surface area (Å²) in [6.45, 7) is 7.03. The number of likely N-dealkylation sites (tertiary alicyclic amines) is 2. The molecule has 1 unspecified atom stereocenters. The zero-order chi connectivity index (χ0) is 19.1. The number of aromatic nitrogens is 1. The first kappa shape index (κ1) is 20.2. The number of piperidine rings is 2. The van der Waals surface area contributed by atoms with Gasteiger partial charge < -0.3 is 10.2 Å². The van der Waals surface area contributed by atoms with Crippen molar-refractivity contribution in [3.05, 3.63) is 30.1 Å². The topological polar surface area (TPSA) is 51.7 Å². The molecule has 6 heteroatoms. The van der Waals surface area contributed by atoms with Crippen LogP contribution >= 0.6 is 0 Å². The molecule has 0 aliphatic carbocycles. The van der Waals surface area contributed by atoms with Gasteiger partial charge in [0, 0.05) is 44.6 Å². The molecule has 2 aliphatic heterocycles. The molecule has 1 N–H and O–H groups in total. The average Bonchev–Trinajstić information content (AvgIpc) is 2.69. The van der Waals surface area contributed by atoms with Crippen LogP contribution < -0.4 is 5.32 Å². The Morgan fingerprint density at radius 2 is 1.93 bits per heavy atom. The fourth-order valence-electron chi connectivity index (χ4n) is 4.29. The summed E-state index contributed by atoms with van der Waals surface area (Å²) >= 11 is 0. The number of hydrogen-bond donors (Lipinski definition) is 1. The number of likely N-dealkylation sites (N-methyl/N-ethyl adjacent to an activating group) is 1. The van der Waals surface area contributed by atoms with Crippen LogP contribution in [-0.2, 0) is 11.3 Å². The molecule has 0 radical (unpaired) electrons. The maximum Gasteiger partial charge on any atom is 0.224 e. The third kappa shape index (κ3) is 6.26. The van der Waals surface area contributed by atoms with Crippen molar-refractivity contribution in [2.75, 3.05) is 53.4 Å². The van der Waals surface area contributed by atoms with E-state index in [0.29, 0.717) is 6.04 Å². The third-order valence-corrected chi connectivity index (χ3v) is 5.91. The molecule has 0 aromatic carbocycles. The van der Waals surface area contributed by atoms with E-state index in [4.69, 9.17) is 0 Å². The molecule has 1 atom stereocenters. The van der Waals surface area contributed by atoms with Gasteiger partial charge in [0.1, 0.15) is 0 Å². The molecule has 3 rings (SSSR count). The van der Waals surface area contributed by atoms with Crippen LogP contribution in [0.25, 0.3) is 0 Å². The highest BCUT2D eigenvalue weighted by atomic mass is 16.1. The summed E-state index contributed by atoms with van der Waals surface area (Å²) in [6, 6.07) is 4.85. The first-order chi connectivity index (χ1) is 13.1. The van der Waals surface area contributed by atoms with Gasteiger partial charge in [-0.05, 0) is 77.1 Å². The molecule has 1 aromatic rings. The smallest absolute Gasteiger partial charge is 0.224 e. The standard InChI is InChI=1S/C21H35N5O/c1-24(2)15-11-23-21(27)19-4-3-12-26(17-19)20-7-13-25(14-8-20)16-18-5-9-22-10-6-18/h5-6,9-10,19-20H,3-4,7-8,11-17H2,1-2H3,(H,23,27). The van der Waals surface area contributed by atoms with Crippen LogP contribution in [0.3, 0.4) is 0 Å². The van der Waals surface area contributed by atoms with Crippen LogP contribution in [0.1, 0.15) is 31.2 Å². The predicted octanol–water partition coefficient (Wildman–Crippen LogP) is 1.44. The van der Waals surface area contributed by atoms with Gasteiger partial charge in [-0.3, -0.25) is 19.6 Å². The van der Waals surface area contributed by atoms with Crippen LogP contribution in [0, 0.1) is 5.92 Å². The van der Waals surface area contributed by atoms with Crippen molar-refractivity contribution in [2.24, 2.45) is 5.92 Å². The van der Waals surface area contributed by atoms with E-state index in [0.717, 1.165) is 58.7 Å². The monoisotopic (exact) mass is 373 g/mol. The van der Waals surface area contributed by atoms with Gasteiger partial charge in [-0.15, -0.1) is 0 Å². The van der Waals surface area contributed by atoms with Gasteiger partial charge in [0.2, 0.25) is 5.91 Å². The van der Waals surface area contributed by atoms with E-state index in [9.17, 15) is 4.79 Å². The number of carbonyl (C=O) groups is 1. The van der Waals surface area contributed by atoms with Crippen molar-refractivity contribution in [3.63, 3.8) is 0 Å². The molecule has 3 heterocycles. The Kier molecular flexibility index (Phi) is 7.61. The Labute approximate surface area is 163 Å². The summed E-state index contributed by atoms with van der Waals surface area (Å²) < 4.78 is 0. The van der Waals surface area contributed by atoms with Crippen LogP contribution in [0.2, 0.25) is 0 Å². The van der Waals surface area contributed by atoms with Crippen molar-refractivity contribution in [1.29, 1.82) is 0 Å². The minimum atomic E-state index is 0.163. The fourth-order valence-corrected chi connectivity index (χ4v) is 4.29. The lowest BCUT2D eigenvalue weighted by Gasteiger charge is -2.42. The van der Waals surface area contributed by atoms with Crippen LogP contribution in [0.15, 0.2) is 24.5 Å². The van der Waals surface area contributed by atoms with Gasteiger partial charge in [-0.1, -0.05) is 0 Å². The Balaban J connectivity index is 1.42. The number of amides is 1. The van der Waals surface area contributed by atoms with Gasteiger partial charge in [-0.25, -0.2) is 0 Å². The first-order valence-corrected chi connectivity index (χ1v) is 10.4. The number of carbonyl (C=O) groups excluding carboxylic acids is 1. The highest BCUT2D eigenvalue weighted by molar-refractivity contribution is 5.78. The maximum absolute atomic E-state index is 12.5. The van der Waals surface area contributed by atoms with Crippen molar-refractivity contribution >= 4 is 5.91 Å². The Morgan fingerprint density at radius 3 is 2.63 bits per heavy atom. The van der Waals surface area contributed by atoms with E-state index in [1.54, 1.807) is 0 Å². The Hall–Kier alpha value is -1.50. The lowest BCUT2D eigenvalue weighted by Crippen LogP contribution is -2.51. The number of nitrogens with one attached hydrogen (secondary N) is 1. The largest absolute Gasteiger partial charge is 0.355 e. The predicted molar refractivity (Wildman–Crippen MR) is 108 cm³/mol. The van der Waals surface area contributed by atoms with Crippen molar-refractivity contribution in [2.45, 2.75) is 38.3 Å². The summed E-state index contributed by atoms with van der Waals surface area (Å²) in [4.78, 5) is 23.8. The summed E-state index contributed by atoms with van der Waals surface area (Å²) in [5.41, 5.74) is 1.34. The van der Waals surface area contributed by atoms with Crippen LogP contribution in [0.5, 0.6) is 0 Å². The average molecular weight is 374 g/mol. The summed E-state index contributed by atoms with van der Waals surface area (Å²) in [5.74, 6) is 0.410. The van der Waals surface area contributed by atoms with Gasteiger partial charge in [0.15, 0.2) is 0 Å². The van der Waals surface area contributed by atoms with E-state index < -0.39 is 0 Å². The Morgan fingerprint density at radius 1 is 1.19 bits per heavy atom. The summed E-state index contributed by atoms with van der Waals surface area (Å²) in [5, 5.41) is 3.12. The Bertz CT molecular complexity index is 571. The summed E-state index contributed by atoms with van der Waals surface area (Å²) in [7, 11) is 4.07. The normalized spacial score (nSPS) is 22.9. The molecule has 2 fully saturated rings. The molecular weight excluding hydrogens is 338 g/mol. The van der Waals surface area contributed by atoms with Gasteiger partial charge in [0.05, 0.1) is 5.92 Å². The maximum atomic E-state index is 12.5. The van der Waals surface area contributed by atoms with E-state index in [1.807, 2.05) is 26.5 Å². The second-order valence-corrected chi connectivity index (χ2v) is 8.29. The van der Waals surface area contributed by atoms with E-state index in [-0.39, 0.29) is 11.8 Å². The zero-order valence-electron chi connectivity index (χ0n) is 16.9. The van der Waals surface area contributed by atoms with Gasteiger partial charge in [-0.2, -0.15) is 0 Å². The molecule has 1 amide bonds. The first-order valence-electron chi connectivity index (χ1n) is 10.4. The van der Waals surface area contributed by atoms with Gasteiger partial charge >= 0.3 is 0 Å². The molecule has 0 saturated carbocycles. The minimum absolute atomic E-state index is 0.163. The molecule has 6 nitrogen and oxygen atoms in total. The molecule has 27 heavy (non-hydrogen) atoms. The van der Waals surface area contributed by atoms with Crippen molar-refractivity contribution in [3.8, 4) is 0 Å². The molecule has 0 bridgehead atoms. The van der Waals surface area contributed by atoms with Crippen molar-refractivity contribution < 1.29 is 4.79 Å². The van der Waals surface area contributed by atoms with Gasteiger partial charge in [0.25, 0.3) is 0 Å². The molecule has 150 valence electrons. The number of rotatable bonds is 7. The van der Waals surface area contributed by atoms with E-state index in [2.05, 4.69) is 37.1 Å². The quantitative estimate of drug-likeness (QED) is 0.784. The molecule has 0 spiro atoms. The fraction of sp³-hybridized carbons (Fsp3) is 0.714. The molecular formula is C21H35N5O. The lowest BCUT2D eigenvalue weighted by molar-refractivity contribution is -0.127. The lowest BCUT2D eigenvalue weighted by atomic mass is 9.93. The highest BCUT2D eigenvalue weighted by Gasteiger charge is 2.31. The molecule has 1 aromatic heterocycles. The van der Waals surface area contributed by atoms with Crippen molar-refractivity contribution in [1.82, 2.24) is 25.0 Å². The number of nitrogens with zero attached hydrogens (tertiary/aromatic N) is 4. The van der Waals surface area contributed by atoms with Crippen LogP contribution in [0.4, 0.5) is 0 Å².